The van der Waals surface area contributed by atoms with Gasteiger partial charge in [0, 0.05) is 12.1 Å². The predicted octanol–water partition coefficient (Wildman–Crippen LogP) is 4.62. The molecule has 36 heavy (non-hydrogen) atoms. The fourth-order valence-electron chi connectivity index (χ4n) is 2.76. The van der Waals surface area contributed by atoms with Gasteiger partial charge in [0.05, 0.1) is 22.8 Å². The third-order valence-electron chi connectivity index (χ3n) is 4.19. The second-order valence-corrected chi connectivity index (χ2v) is 9.05. The quantitative estimate of drug-likeness (QED) is 0.425. The van der Waals surface area contributed by atoms with Crippen LogP contribution in [-0.2, 0) is 16.2 Å². The lowest BCUT2D eigenvalue weighted by Gasteiger charge is -2.14. The fraction of sp³-hybridized carbons (Fsp3) is 0.167. The summed E-state index contributed by atoms with van der Waals surface area (Å²) in [6.45, 7) is 0. The van der Waals surface area contributed by atoms with E-state index in [0.29, 0.717) is 18.2 Å². The molecule has 0 atom stereocenters. The molecule has 0 unspecified atom stereocenters. The monoisotopic (exact) mass is 578 g/mol. The molecule has 2 aromatic carbocycles. The van der Waals surface area contributed by atoms with E-state index in [1.54, 1.807) is 0 Å². The van der Waals surface area contributed by atoms with Crippen LogP contribution in [-0.4, -0.2) is 42.8 Å². The number of carbonyl (C=O) groups excluding carboxylic acids is 1. The van der Waals surface area contributed by atoms with Crippen LogP contribution in [0.4, 0.5) is 26.3 Å². The summed E-state index contributed by atoms with van der Waals surface area (Å²) in [6, 6.07) is 5.23. The molecule has 1 heterocycles. The first kappa shape index (κ1) is 27.3. The summed E-state index contributed by atoms with van der Waals surface area (Å²) in [7, 11) is -3.62. The largest absolute Gasteiger partial charge is 0.573 e. The van der Waals surface area contributed by atoms with E-state index in [1.165, 1.54) is 17.9 Å². The molecule has 0 saturated carbocycles. The second kappa shape index (κ2) is 9.67. The van der Waals surface area contributed by atoms with Gasteiger partial charge in [-0.1, -0.05) is 28.4 Å². The van der Waals surface area contributed by atoms with Crippen LogP contribution in [0.2, 0.25) is 10.0 Å². The summed E-state index contributed by atoms with van der Waals surface area (Å²) in [5.74, 6) is -2.66. The molecule has 0 spiro atoms. The number of aromatic nitrogens is 3. The van der Waals surface area contributed by atoms with Crippen LogP contribution >= 0.6 is 23.2 Å². The van der Waals surface area contributed by atoms with E-state index < -0.39 is 61.2 Å². The van der Waals surface area contributed by atoms with Gasteiger partial charge in [0.1, 0.15) is 16.4 Å². The fourth-order valence-corrected chi connectivity index (χ4v) is 4.48. The molecule has 0 aliphatic heterocycles. The zero-order valence-electron chi connectivity index (χ0n) is 17.3. The molecule has 0 aliphatic carbocycles. The molecule has 3 rings (SSSR count). The van der Waals surface area contributed by atoms with Crippen LogP contribution in [0.5, 0.6) is 11.5 Å². The molecule has 0 aliphatic rings. The summed E-state index contributed by atoms with van der Waals surface area (Å²) < 4.78 is 114. The second-order valence-electron chi connectivity index (χ2n) is 6.59. The molecule has 1 N–H and O–H groups in total. The highest BCUT2D eigenvalue weighted by Gasteiger charge is 2.43. The SMILES string of the molecule is COc1ccc(Cl)c(S(=O)(=O)NC(=O)c2nnn(-c3ccc(OC(F)(F)F)cc3Cl)c2C(F)(F)F)c1. The topological polar surface area (TPSA) is 112 Å². The van der Waals surface area contributed by atoms with Gasteiger partial charge in [-0.25, -0.2) is 17.8 Å². The van der Waals surface area contributed by atoms with Crippen LogP contribution in [0.3, 0.4) is 0 Å². The minimum atomic E-state index is -5.35. The van der Waals surface area contributed by atoms with Crippen molar-refractivity contribution in [2.75, 3.05) is 7.11 Å². The lowest BCUT2D eigenvalue weighted by molar-refractivity contribution is -0.274. The molecular weight excluding hydrogens is 569 g/mol. The predicted molar refractivity (Wildman–Crippen MR) is 111 cm³/mol. The number of sulfonamides is 1. The lowest BCUT2D eigenvalue weighted by Crippen LogP contribution is -2.33. The first-order chi connectivity index (χ1) is 16.5. The highest BCUT2D eigenvalue weighted by Crippen LogP contribution is 2.36. The van der Waals surface area contributed by atoms with Crippen molar-refractivity contribution < 1.29 is 49.0 Å². The minimum absolute atomic E-state index is 0.0136. The average Bonchev–Trinajstić information content (AvgIpc) is 3.18. The van der Waals surface area contributed by atoms with Crippen LogP contribution in [0.25, 0.3) is 5.69 Å². The zero-order chi connectivity index (χ0) is 27.1. The Hall–Kier alpha value is -3.24. The summed E-state index contributed by atoms with van der Waals surface area (Å²) in [6.07, 6.45) is -10.4. The Morgan fingerprint density at radius 1 is 1.00 bits per heavy atom. The maximum Gasteiger partial charge on any atom is 0.573 e. The Bertz CT molecular complexity index is 1430. The molecule has 0 radical (unpaired) electrons. The minimum Gasteiger partial charge on any atom is -0.497 e. The van der Waals surface area contributed by atoms with E-state index in [-0.39, 0.29) is 15.5 Å². The number of ether oxygens (including phenoxy) is 2. The summed E-state index contributed by atoms with van der Waals surface area (Å²) in [5, 5.41) is 5.23. The van der Waals surface area contributed by atoms with Gasteiger partial charge in [0.25, 0.3) is 15.9 Å². The zero-order valence-corrected chi connectivity index (χ0v) is 19.6. The molecular formula is C18H10Cl2F6N4O5S. The van der Waals surface area contributed by atoms with E-state index in [1.807, 2.05) is 0 Å². The van der Waals surface area contributed by atoms with Gasteiger partial charge in [-0.3, -0.25) is 4.79 Å². The number of hydrogen-bond donors (Lipinski definition) is 1. The molecule has 0 bridgehead atoms. The highest BCUT2D eigenvalue weighted by molar-refractivity contribution is 7.90. The molecule has 3 aromatic rings. The van der Waals surface area contributed by atoms with Crippen LogP contribution in [0.1, 0.15) is 16.2 Å². The Morgan fingerprint density at radius 3 is 2.19 bits per heavy atom. The van der Waals surface area contributed by atoms with Crippen molar-refractivity contribution in [1.82, 2.24) is 19.7 Å². The molecule has 1 amide bonds. The number of methoxy groups -OCH3 is 1. The summed E-state index contributed by atoms with van der Waals surface area (Å²) in [5.41, 5.74) is -3.97. The summed E-state index contributed by atoms with van der Waals surface area (Å²) >= 11 is 11.6. The number of alkyl halides is 6. The number of benzene rings is 2. The first-order valence-electron chi connectivity index (χ1n) is 9.03. The number of rotatable bonds is 6. The van der Waals surface area contributed by atoms with Gasteiger partial charge < -0.3 is 9.47 Å². The van der Waals surface area contributed by atoms with E-state index >= 15 is 0 Å². The number of halogens is 8. The number of hydrogen-bond acceptors (Lipinski definition) is 7. The maximum atomic E-state index is 13.9. The van der Waals surface area contributed by atoms with Crippen LogP contribution in [0.15, 0.2) is 41.3 Å². The normalized spacial score (nSPS) is 12.4. The van der Waals surface area contributed by atoms with Crippen molar-refractivity contribution >= 4 is 39.1 Å². The number of amides is 1. The Balaban J connectivity index is 2.03. The van der Waals surface area contributed by atoms with E-state index in [4.69, 9.17) is 27.9 Å². The van der Waals surface area contributed by atoms with Crippen molar-refractivity contribution in [3.8, 4) is 17.2 Å². The van der Waals surface area contributed by atoms with Crippen molar-refractivity contribution in [2.45, 2.75) is 17.4 Å². The standard InChI is InChI=1S/C18H10Cl2F6N4O5S/c1-34-8-2-4-10(19)13(7-8)36(32,33)28-16(31)14-15(17(21,22)23)30(29-27-14)12-5-3-9(6-11(12)20)35-18(24,25)26/h2-7H,1H3,(H,28,31). The molecule has 18 heteroatoms. The van der Waals surface area contributed by atoms with Gasteiger partial charge in [-0.05, 0) is 24.3 Å². The van der Waals surface area contributed by atoms with Gasteiger partial charge in [0.15, 0.2) is 11.4 Å². The van der Waals surface area contributed by atoms with E-state index in [2.05, 4.69) is 15.0 Å². The molecule has 194 valence electrons. The van der Waals surface area contributed by atoms with Crippen molar-refractivity contribution in [1.29, 1.82) is 0 Å². The van der Waals surface area contributed by atoms with Gasteiger partial charge >= 0.3 is 12.5 Å². The molecule has 1 aromatic heterocycles. The Morgan fingerprint density at radius 2 is 1.64 bits per heavy atom. The van der Waals surface area contributed by atoms with Crippen molar-refractivity contribution in [3.05, 3.63) is 57.8 Å². The highest BCUT2D eigenvalue weighted by atomic mass is 35.5. The van der Waals surface area contributed by atoms with Gasteiger partial charge in [-0.2, -0.15) is 13.2 Å². The van der Waals surface area contributed by atoms with Gasteiger partial charge in [0.2, 0.25) is 0 Å². The average molecular weight is 579 g/mol. The summed E-state index contributed by atoms with van der Waals surface area (Å²) in [4.78, 5) is 11.9. The molecule has 0 saturated heterocycles. The third-order valence-corrected chi connectivity index (χ3v) is 6.31. The van der Waals surface area contributed by atoms with Crippen LogP contribution < -0.4 is 14.2 Å². The van der Waals surface area contributed by atoms with E-state index in [0.717, 1.165) is 12.1 Å². The van der Waals surface area contributed by atoms with Crippen LogP contribution in [0, 0.1) is 0 Å². The van der Waals surface area contributed by atoms with Crippen molar-refractivity contribution in [2.24, 2.45) is 0 Å². The molecule has 0 fully saturated rings. The number of carbonyl (C=O) groups is 1. The van der Waals surface area contributed by atoms with Gasteiger partial charge in [-0.15, -0.1) is 18.3 Å². The third kappa shape index (κ3) is 5.93. The number of nitrogens with zero attached hydrogens (tertiary/aromatic N) is 3. The lowest BCUT2D eigenvalue weighted by atomic mass is 10.2. The van der Waals surface area contributed by atoms with E-state index in [9.17, 15) is 39.6 Å². The first-order valence-corrected chi connectivity index (χ1v) is 11.3. The Labute approximate surface area is 207 Å². The van der Waals surface area contributed by atoms with Crippen molar-refractivity contribution in [3.63, 3.8) is 0 Å². The number of nitrogens with one attached hydrogen (secondary N) is 1. The molecule has 9 nitrogen and oxygen atoms in total. The smallest absolute Gasteiger partial charge is 0.497 e. The Kier molecular flexibility index (Phi) is 7.34. The maximum absolute atomic E-state index is 13.9.